The molecule has 0 saturated carbocycles. The molecule has 3 amide bonds. The van der Waals surface area contributed by atoms with E-state index in [1.807, 2.05) is 30.3 Å². The molecule has 0 aliphatic carbocycles. The number of benzene rings is 3. The van der Waals surface area contributed by atoms with Gasteiger partial charge in [-0.25, -0.2) is 0 Å². The highest BCUT2D eigenvalue weighted by atomic mass is 35.5. The minimum atomic E-state index is -0.817. The van der Waals surface area contributed by atoms with Gasteiger partial charge in [-0.15, -0.1) is 0 Å². The molecular formula is C25H24ClN3O3. The van der Waals surface area contributed by atoms with Crippen molar-refractivity contribution in [3.63, 3.8) is 0 Å². The van der Waals surface area contributed by atoms with Crippen molar-refractivity contribution in [2.45, 2.75) is 12.5 Å². The molecule has 0 aliphatic heterocycles. The van der Waals surface area contributed by atoms with E-state index in [1.54, 1.807) is 61.6 Å². The Hall–Kier alpha value is -3.64. The number of hydrogen-bond acceptors (Lipinski definition) is 3. The Kier molecular flexibility index (Phi) is 8.00. The average molecular weight is 450 g/mol. The summed E-state index contributed by atoms with van der Waals surface area (Å²) in [5, 5.41) is 5.85. The molecule has 0 spiro atoms. The SMILES string of the molecule is CN(C(=O)[C@H](Cc1ccccc1)NC(=O)CNC(=O)c1ccccc1)c1cccc(Cl)c1. The fourth-order valence-electron chi connectivity index (χ4n) is 3.19. The number of carbonyl (C=O) groups is 3. The standard InChI is InChI=1S/C25H24ClN3O3/c1-29(21-14-8-13-20(26)16-21)25(32)22(15-18-9-4-2-5-10-18)28-23(30)17-27-24(31)19-11-6-3-7-12-19/h2-14,16,22H,15,17H2,1H3,(H,27,31)(H,28,30)/t22-/m0/s1. The first kappa shape index (κ1) is 23.0. The van der Waals surface area contributed by atoms with Gasteiger partial charge in [0.25, 0.3) is 5.91 Å². The number of rotatable bonds is 8. The van der Waals surface area contributed by atoms with Crippen molar-refractivity contribution in [2.75, 3.05) is 18.5 Å². The van der Waals surface area contributed by atoms with E-state index < -0.39 is 11.9 Å². The van der Waals surface area contributed by atoms with Gasteiger partial charge < -0.3 is 15.5 Å². The van der Waals surface area contributed by atoms with Gasteiger partial charge in [0.2, 0.25) is 11.8 Å². The maximum absolute atomic E-state index is 13.2. The van der Waals surface area contributed by atoms with E-state index in [-0.39, 0.29) is 18.4 Å². The molecule has 0 radical (unpaired) electrons. The first-order valence-electron chi connectivity index (χ1n) is 10.1. The van der Waals surface area contributed by atoms with E-state index in [2.05, 4.69) is 10.6 Å². The smallest absolute Gasteiger partial charge is 0.251 e. The zero-order chi connectivity index (χ0) is 22.9. The van der Waals surface area contributed by atoms with Gasteiger partial charge in [-0.3, -0.25) is 14.4 Å². The van der Waals surface area contributed by atoms with Crippen LogP contribution in [0.2, 0.25) is 5.02 Å². The Bertz CT molecular complexity index is 1070. The average Bonchev–Trinajstić information content (AvgIpc) is 2.82. The number of hydrogen-bond donors (Lipinski definition) is 2. The van der Waals surface area contributed by atoms with Gasteiger partial charge in [0.15, 0.2) is 0 Å². The Morgan fingerprint density at radius 3 is 2.22 bits per heavy atom. The lowest BCUT2D eigenvalue weighted by Crippen LogP contribution is -2.51. The van der Waals surface area contributed by atoms with Gasteiger partial charge in [0, 0.05) is 29.7 Å². The van der Waals surface area contributed by atoms with Crippen LogP contribution in [0.25, 0.3) is 0 Å². The van der Waals surface area contributed by atoms with Gasteiger partial charge in [-0.05, 0) is 35.9 Å². The number of anilines is 1. The van der Waals surface area contributed by atoms with E-state index in [0.717, 1.165) is 5.56 Å². The van der Waals surface area contributed by atoms with Crippen molar-refractivity contribution in [2.24, 2.45) is 0 Å². The van der Waals surface area contributed by atoms with Crippen LogP contribution in [0.1, 0.15) is 15.9 Å². The molecule has 0 unspecified atom stereocenters. The first-order valence-corrected chi connectivity index (χ1v) is 10.5. The summed E-state index contributed by atoms with van der Waals surface area (Å²) in [5.41, 5.74) is 1.98. The predicted octanol–water partition coefficient (Wildman–Crippen LogP) is 3.46. The second kappa shape index (κ2) is 11.1. The highest BCUT2D eigenvalue weighted by Crippen LogP contribution is 2.19. The summed E-state index contributed by atoms with van der Waals surface area (Å²) in [6, 6.07) is 24.1. The molecule has 3 aromatic carbocycles. The van der Waals surface area contributed by atoms with Crippen molar-refractivity contribution in [1.29, 1.82) is 0 Å². The number of nitrogens with one attached hydrogen (secondary N) is 2. The maximum Gasteiger partial charge on any atom is 0.251 e. The van der Waals surface area contributed by atoms with Crippen LogP contribution in [-0.2, 0) is 16.0 Å². The molecule has 2 N–H and O–H groups in total. The largest absolute Gasteiger partial charge is 0.343 e. The molecule has 3 rings (SSSR count). The van der Waals surface area contributed by atoms with E-state index in [0.29, 0.717) is 22.7 Å². The zero-order valence-electron chi connectivity index (χ0n) is 17.6. The summed E-state index contributed by atoms with van der Waals surface area (Å²) >= 11 is 6.06. The summed E-state index contributed by atoms with van der Waals surface area (Å²) in [5.74, 6) is -1.11. The molecule has 0 bridgehead atoms. The fraction of sp³-hybridized carbons (Fsp3) is 0.160. The summed E-state index contributed by atoms with van der Waals surface area (Å²) in [4.78, 5) is 39.5. The van der Waals surface area contributed by atoms with Crippen molar-refractivity contribution in [1.82, 2.24) is 10.6 Å². The third-order valence-electron chi connectivity index (χ3n) is 4.89. The van der Waals surface area contributed by atoms with Crippen LogP contribution in [0, 0.1) is 0 Å². The molecule has 7 heteroatoms. The van der Waals surface area contributed by atoms with Crippen LogP contribution in [0.5, 0.6) is 0 Å². The quantitative estimate of drug-likeness (QED) is 0.552. The van der Waals surface area contributed by atoms with Crippen molar-refractivity contribution in [3.05, 3.63) is 101 Å². The molecule has 0 aliphatic rings. The molecule has 0 saturated heterocycles. The number of nitrogens with zero attached hydrogens (tertiary/aromatic N) is 1. The molecule has 0 heterocycles. The number of carbonyl (C=O) groups excluding carboxylic acids is 3. The highest BCUT2D eigenvalue weighted by Gasteiger charge is 2.25. The van der Waals surface area contributed by atoms with Crippen LogP contribution in [0.3, 0.4) is 0 Å². The number of amides is 3. The summed E-state index contributed by atoms with van der Waals surface area (Å²) in [7, 11) is 1.63. The zero-order valence-corrected chi connectivity index (χ0v) is 18.4. The predicted molar refractivity (Wildman–Crippen MR) is 126 cm³/mol. The highest BCUT2D eigenvalue weighted by molar-refractivity contribution is 6.30. The summed E-state index contributed by atoms with van der Waals surface area (Å²) in [6.45, 7) is -0.243. The Morgan fingerprint density at radius 2 is 1.56 bits per heavy atom. The van der Waals surface area contributed by atoms with Crippen molar-refractivity contribution >= 4 is 35.0 Å². The molecule has 0 aromatic heterocycles. The molecule has 6 nitrogen and oxygen atoms in total. The Morgan fingerprint density at radius 1 is 0.906 bits per heavy atom. The monoisotopic (exact) mass is 449 g/mol. The van der Waals surface area contributed by atoms with Crippen molar-refractivity contribution in [3.8, 4) is 0 Å². The van der Waals surface area contributed by atoms with Crippen LogP contribution in [0.4, 0.5) is 5.69 Å². The second-order valence-corrected chi connectivity index (χ2v) is 7.67. The third kappa shape index (κ3) is 6.43. The van der Waals surface area contributed by atoms with Crippen LogP contribution >= 0.6 is 11.6 Å². The van der Waals surface area contributed by atoms with E-state index >= 15 is 0 Å². The molecule has 3 aromatic rings. The van der Waals surface area contributed by atoms with E-state index in [4.69, 9.17) is 11.6 Å². The van der Waals surface area contributed by atoms with E-state index in [9.17, 15) is 14.4 Å². The normalized spacial score (nSPS) is 11.3. The summed E-state index contributed by atoms with van der Waals surface area (Å²) in [6.07, 6.45) is 0.308. The topological polar surface area (TPSA) is 78.5 Å². The lowest BCUT2D eigenvalue weighted by atomic mass is 10.0. The molecule has 0 fully saturated rings. The Balaban J connectivity index is 1.70. The molecule has 164 valence electrons. The maximum atomic E-state index is 13.2. The lowest BCUT2D eigenvalue weighted by Gasteiger charge is -2.25. The van der Waals surface area contributed by atoms with Gasteiger partial charge in [0.1, 0.15) is 6.04 Å². The fourth-order valence-corrected chi connectivity index (χ4v) is 3.38. The van der Waals surface area contributed by atoms with Gasteiger partial charge in [-0.1, -0.05) is 66.2 Å². The minimum absolute atomic E-state index is 0.243. The van der Waals surface area contributed by atoms with Crippen LogP contribution in [0.15, 0.2) is 84.9 Å². The van der Waals surface area contributed by atoms with Crippen molar-refractivity contribution < 1.29 is 14.4 Å². The molecular weight excluding hydrogens is 426 g/mol. The second-order valence-electron chi connectivity index (χ2n) is 7.24. The third-order valence-corrected chi connectivity index (χ3v) is 5.12. The number of likely N-dealkylation sites (N-methyl/N-ethyl adjacent to an activating group) is 1. The number of halogens is 1. The Labute approximate surface area is 192 Å². The van der Waals surface area contributed by atoms with Gasteiger partial charge >= 0.3 is 0 Å². The lowest BCUT2D eigenvalue weighted by molar-refractivity contribution is -0.126. The molecule has 1 atom stereocenters. The van der Waals surface area contributed by atoms with Gasteiger partial charge in [0.05, 0.1) is 6.54 Å². The first-order chi connectivity index (χ1) is 15.4. The van der Waals surface area contributed by atoms with Crippen LogP contribution in [-0.4, -0.2) is 37.4 Å². The summed E-state index contributed by atoms with van der Waals surface area (Å²) < 4.78 is 0. The van der Waals surface area contributed by atoms with Gasteiger partial charge in [-0.2, -0.15) is 0 Å². The minimum Gasteiger partial charge on any atom is -0.343 e. The van der Waals surface area contributed by atoms with E-state index in [1.165, 1.54) is 4.90 Å². The molecule has 32 heavy (non-hydrogen) atoms. The van der Waals surface area contributed by atoms with Crippen LogP contribution < -0.4 is 15.5 Å².